The van der Waals surface area contributed by atoms with Crippen LogP contribution in [-0.4, -0.2) is 30.2 Å². The molecule has 0 aromatic carbocycles. The Morgan fingerprint density at radius 3 is 3.00 bits per heavy atom. The summed E-state index contributed by atoms with van der Waals surface area (Å²) in [6.45, 7) is 5.61. The minimum absolute atomic E-state index is 0.235. The van der Waals surface area contributed by atoms with Crippen molar-refractivity contribution in [1.82, 2.24) is 9.97 Å². The number of anilines is 1. The Labute approximate surface area is 84.7 Å². The summed E-state index contributed by atoms with van der Waals surface area (Å²) in [4.78, 5) is 8.59. The van der Waals surface area contributed by atoms with E-state index < -0.39 is 0 Å². The SMILES string of the molecule is CCNc1ccnc(C(C)COC)n1. The molecular formula is C10H17N3O. The van der Waals surface area contributed by atoms with Crippen molar-refractivity contribution in [2.45, 2.75) is 19.8 Å². The highest BCUT2D eigenvalue weighted by Crippen LogP contribution is 2.11. The lowest BCUT2D eigenvalue weighted by atomic mass is 10.2. The summed E-state index contributed by atoms with van der Waals surface area (Å²) in [6, 6.07) is 1.87. The molecule has 1 unspecified atom stereocenters. The number of nitrogens with one attached hydrogen (secondary N) is 1. The average molecular weight is 195 g/mol. The molecule has 1 heterocycles. The highest BCUT2D eigenvalue weighted by molar-refractivity contribution is 5.32. The quantitative estimate of drug-likeness (QED) is 0.776. The van der Waals surface area contributed by atoms with E-state index in [9.17, 15) is 0 Å². The van der Waals surface area contributed by atoms with Crippen molar-refractivity contribution in [1.29, 1.82) is 0 Å². The van der Waals surface area contributed by atoms with Crippen molar-refractivity contribution in [3.63, 3.8) is 0 Å². The first-order valence-corrected chi connectivity index (χ1v) is 4.83. The Kier molecular flexibility index (Phi) is 4.32. The van der Waals surface area contributed by atoms with Gasteiger partial charge in [-0.05, 0) is 13.0 Å². The normalized spacial score (nSPS) is 12.5. The molecule has 1 atom stereocenters. The number of hydrogen-bond donors (Lipinski definition) is 1. The highest BCUT2D eigenvalue weighted by atomic mass is 16.5. The Balaban J connectivity index is 2.71. The van der Waals surface area contributed by atoms with E-state index in [1.165, 1.54) is 0 Å². The number of nitrogens with zero attached hydrogens (tertiary/aromatic N) is 2. The zero-order valence-electron chi connectivity index (χ0n) is 8.95. The predicted molar refractivity (Wildman–Crippen MR) is 56.5 cm³/mol. The maximum absolute atomic E-state index is 5.06. The van der Waals surface area contributed by atoms with Gasteiger partial charge < -0.3 is 10.1 Å². The predicted octanol–water partition coefficient (Wildman–Crippen LogP) is 1.66. The van der Waals surface area contributed by atoms with Crippen molar-refractivity contribution in [3.8, 4) is 0 Å². The van der Waals surface area contributed by atoms with E-state index in [1.807, 2.05) is 13.0 Å². The molecular weight excluding hydrogens is 178 g/mol. The molecule has 78 valence electrons. The molecule has 0 amide bonds. The van der Waals surface area contributed by atoms with Gasteiger partial charge in [-0.3, -0.25) is 0 Å². The lowest BCUT2D eigenvalue weighted by Gasteiger charge is -2.10. The van der Waals surface area contributed by atoms with Crippen LogP contribution in [0.5, 0.6) is 0 Å². The number of methoxy groups -OCH3 is 1. The van der Waals surface area contributed by atoms with Crippen LogP contribution in [0.4, 0.5) is 5.82 Å². The van der Waals surface area contributed by atoms with Crippen LogP contribution in [0.1, 0.15) is 25.6 Å². The molecule has 0 aliphatic carbocycles. The number of hydrogen-bond acceptors (Lipinski definition) is 4. The topological polar surface area (TPSA) is 47.0 Å². The van der Waals surface area contributed by atoms with Gasteiger partial charge in [0.1, 0.15) is 11.6 Å². The van der Waals surface area contributed by atoms with E-state index in [0.717, 1.165) is 18.2 Å². The van der Waals surface area contributed by atoms with Crippen molar-refractivity contribution in [2.24, 2.45) is 0 Å². The van der Waals surface area contributed by atoms with Gasteiger partial charge >= 0.3 is 0 Å². The summed E-state index contributed by atoms with van der Waals surface area (Å²) in [7, 11) is 1.69. The molecule has 1 aromatic heterocycles. The zero-order chi connectivity index (χ0) is 10.4. The fourth-order valence-electron chi connectivity index (χ4n) is 1.22. The zero-order valence-corrected chi connectivity index (χ0v) is 8.95. The third kappa shape index (κ3) is 2.96. The summed E-state index contributed by atoms with van der Waals surface area (Å²) in [5.41, 5.74) is 0. The van der Waals surface area contributed by atoms with E-state index in [0.29, 0.717) is 6.61 Å². The van der Waals surface area contributed by atoms with Crippen molar-refractivity contribution in [2.75, 3.05) is 25.6 Å². The largest absolute Gasteiger partial charge is 0.384 e. The van der Waals surface area contributed by atoms with Gasteiger partial charge in [0.2, 0.25) is 0 Å². The van der Waals surface area contributed by atoms with Crippen LogP contribution < -0.4 is 5.32 Å². The number of rotatable bonds is 5. The van der Waals surface area contributed by atoms with Crippen LogP contribution in [0.15, 0.2) is 12.3 Å². The van der Waals surface area contributed by atoms with Gasteiger partial charge in [-0.2, -0.15) is 0 Å². The van der Waals surface area contributed by atoms with E-state index in [-0.39, 0.29) is 5.92 Å². The first kappa shape index (κ1) is 10.9. The third-order valence-corrected chi connectivity index (χ3v) is 1.89. The smallest absolute Gasteiger partial charge is 0.135 e. The molecule has 1 aromatic rings. The van der Waals surface area contributed by atoms with Gasteiger partial charge in [0.25, 0.3) is 0 Å². The molecule has 0 fully saturated rings. The Hall–Kier alpha value is -1.16. The highest BCUT2D eigenvalue weighted by Gasteiger charge is 2.08. The van der Waals surface area contributed by atoms with E-state index in [4.69, 9.17) is 4.74 Å². The minimum Gasteiger partial charge on any atom is -0.384 e. The number of aromatic nitrogens is 2. The van der Waals surface area contributed by atoms with Gasteiger partial charge in [-0.1, -0.05) is 6.92 Å². The minimum atomic E-state index is 0.235. The van der Waals surface area contributed by atoms with Crippen molar-refractivity contribution in [3.05, 3.63) is 18.1 Å². The van der Waals surface area contributed by atoms with Crippen LogP contribution in [0.25, 0.3) is 0 Å². The molecule has 0 aliphatic rings. The molecule has 4 heteroatoms. The maximum Gasteiger partial charge on any atom is 0.135 e. The molecule has 1 rings (SSSR count). The van der Waals surface area contributed by atoms with E-state index in [2.05, 4.69) is 22.2 Å². The molecule has 0 saturated heterocycles. The molecule has 0 radical (unpaired) electrons. The second-order valence-electron chi connectivity index (χ2n) is 3.19. The lowest BCUT2D eigenvalue weighted by Crippen LogP contribution is -2.09. The van der Waals surface area contributed by atoms with Crippen LogP contribution in [0.2, 0.25) is 0 Å². The second-order valence-corrected chi connectivity index (χ2v) is 3.19. The van der Waals surface area contributed by atoms with Crippen molar-refractivity contribution >= 4 is 5.82 Å². The van der Waals surface area contributed by atoms with Crippen molar-refractivity contribution < 1.29 is 4.74 Å². The molecule has 0 saturated carbocycles. The summed E-state index contributed by atoms with van der Waals surface area (Å²) in [5, 5.41) is 3.15. The molecule has 0 spiro atoms. The standard InChI is InChI=1S/C10H17N3O/c1-4-11-9-5-6-12-10(13-9)8(2)7-14-3/h5-6,8H,4,7H2,1-3H3,(H,11,12,13). The van der Waals surface area contributed by atoms with Gasteiger partial charge in [0.15, 0.2) is 0 Å². The lowest BCUT2D eigenvalue weighted by molar-refractivity contribution is 0.181. The van der Waals surface area contributed by atoms with Crippen LogP contribution >= 0.6 is 0 Å². The molecule has 4 nitrogen and oxygen atoms in total. The monoisotopic (exact) mass is 195 g/mol. The molecule has 1 N–H and O–H groups in total. The molecule has 14 heavy (non-hydrogen) atoms. The van der Waals surface area contributed by atoms with Crippen LogP contribution in [-0.2, 0) is 4.74 Å². The second kappa shape index (κ2) is 5.54. The summed E-state index contributed by atoms with van der Waals surface area (Å²) in [5.74, 6) is 1.93. The van der Waals surface area contributed by atoms with E-state index in [1.54, 1.807) is 13.3 Å². The van der Waals surface area contributed by atoms with Crippen LogP contribution in [0.3, 0.4) is 0 Å². The Bertz CT molecular complexity index is 278. The average Bonchev–Trinajstić information content (AvgIpc) is 2.19. The van der Waals surface area contributed by atoms with E-state index >= 15 is 0 Å². The maximum atomic E-state index is 5.06. The Morgan fingerprint density at radius 1 is 1.57 bits per heavy atom. The third-order valence-electron chi connectivity index (χ3n) is 1.89. The summed E-state index contributed by atoms with van der Waals surface area (Å²) >= 11 is 0. The van der Waals surface area contributed by atoms with Gasteiger partial charge in [0, 0.05) is 25.8 Å². The number of ether oxygens (including phenoxy) is 1. The first-order valence-electron chi connectivity index (χ1n) is 4.83. The fraction of sp³-hybridized carbons (Fsp3) is 0.600. The summed E-state index contributed by atoms with van der Waals surface area (Å²) in [6.07, 6.45) is 1.77. The summed E-state index contributed by atoms with van der Waals surface area (Å²) < 4.78 is 5.06. The van der Waals surface area contributed by atoms with Gasteiger partial charge in [0.05, 0.1) is 6.61 Å². The van der Waals surface area contributed by atoms with Gasteiger partial charge in [-0.25, -0.2) is 9.97 Å². The first-order chi connectivity index (χ1) is 6.77. The van der Waals surface area contributed by atoms with Gasteiger partial charge in [-0.15, -0.1) is 0 Å². The fourth-order valence-corrected chi connectivity index (χ4v) is 1.22. The molecule has 0 bridgehead atoms. The Morgan fingerprint density at radius 2 is 2.36 bits per heavy atom. The molecule has 0 aliphatic heterocycles. The van der Waals surface area contributed by atoms with Crippen LogP contribution in [0, 0.1) is 0 Å².